The van der Waals surface area contributed by atoms with Gasteiger partial charge in [0.25, 0.3) is 15.9 Å². The van der Waals surface area contributed by atoms with E-state index in [0.717, 1.165) is 0 Å². The number of benzene rings is 1. The van der Waals surface area contributed by atoms with Crippen molar-refractivity contribution in [1.82, 2.24) is 9.62 Å². The molecule has 0 aromatic heterocycles. The second kappa shape index (κ2) is 5.30. The average molecular weight is 347 g/mol. The number of carbonyl (C=O) groups is 2. The van der Waals surface area contributed by atoms with E-state index in [4.69, 9.17) is 0 Å². The van der Waals surface area contributed by atoms with E-state index in [1.54, 1.807) is 6.07 Å². The van der Waals surface area contributed by atoms with Crippen molar-refractivity contribution in [1.29, 1.82) is 0 Å². The third-order valence-electron chi connectivity index (χ3n) is 2.62. The van der Waals surface area contributed by atoms with Crippen LogP contribution in [-0.2, 0) is 14.8 Å². The molecule has 1 aliphatic heterocycles. The predicted molar refractivity (Wildman–Crippen MR) is 71.5 cm³/mol. The fourth-order valence-corrected chi connectivity index (χ4v) is 3.48. The van der Waals surface area contributed by atoms with E-state index in [1.807, 2.05) is 0 Å². The summed E-state index contributed by atoms with van der Waals surface area (Å²) in [5, 5.41) is 3.06. The topological polar surface area (TPSA) is 83.6 Å². The maximum atomic E-state index is 12.1. The summed E-state index contributed by atoms with van der Waals surface area (Å²) in [7, 11) is -3.90. The third-order valence-corrected chi connectivity index (χ3v) is 4.80. The molecule has 0 saturated heterocycles. The molecule has 0 atom stereocenters. The highest BCUT2D eigenvalue weighted by Crippen LogP contribution is 2.29. The van der Waals surface area contributed by atoms with Crippen LogP contribution in [0.5, 0.6) is 0 Å². The molecule has 0 spiro atoms. The number of sulfonamides is 1. The number of alkyl halides is 1. The number of carbonyl (C=O) groups excluding carboxylic acids is 2. The van der Waals surface area contributed by atoms with Crippen molar-refractivity contribution < 1.29 is 18.0 Å². The highest BCUT2D eigenvalue weighted by molar-refractivity contribution is 9.09. The maximum absolute atomic E-state index is 12.1. The van der Waals surface area contributed by atoms with Gasteiger partial charge in [-0.2, -0.15) is 0 Å². The van der Waals surface area contributed by atoms with Gasteiger partial charge in [-0.3, -0.25) is 9.59 Å². The van der Waals surface area contributed by atoms with Crippen molar-refractivity contribution >= 4 is 37.8 Å². The van der Waals surface area contributed by atoms with Crippen molar-refractivity contribution in [3.63, 3.8) is 0 Å². The van der Waals surface area contributed by atoms with Crippen molar-refractivity contribution in [2.24, 2.45) is 0 Å². The van der Waals surface area contributed by atoms with Gasteiger partial charge in [0, 0.05) is 11.9 Å². The smallest absolute Gasteiger partial charge is 0.269 e. The highest BCUT2D eigenvalue weighted by atomic mass is 79.9. The summed E-state index contributed by atoms with van der Waals surface area (Å²) in [4.78, 5) is 23.5. The Morgan fingerprint density at radius 2 is 2.00 bits per heavy atom. The fourth-order valence-electron chi connectivity index (χ4n) is 1.76. The first-order valence-electron chi connectivity index (χ1n) is 5.47. The molecular weight excluding hydrogens is 336 g/mol. The summed E-state index contributed by atoms with van der Waals surface area (Å²) in [6.45, 7) is -0.128. The summed E-state index contributed by atoms with van der Waals surface area (Å²) in [6.07, 6.45) is 0. The second-order valence-electron chi connectivity index (χ2n) is 3.85. The molecule has 1 N–H and O–H groups in total. The Morgan fingerprint density at radius 1 is 1.32 bits per heavy atom. The van der Waals surface area contributed by atoms with Crippen LogP contribution in [0.2, 0.25) is 0 Å². The molecule has 19 heavy (non-hydrogen) atoms. The largest absolute Gasteiger partial charge is 0.354 e. The van der Waals surface area contributed by atoms with Gasteiger partial charge < -0.3 is 5.32 Å². The van der Waals surface area contributed by atoms with Crippen molar-refractivity contribution in [3.8, 4) is 0 Å². The van der Waals surface area contributed by atoms with Gasteiger partial charge in [-0.15, -0.1) is 0 Å². The summed E-state index contributed by atoms with van der Waals surface area (Å²) >= 11 is 3.13. The molecule has 1 aromatic rings. The molecule has 102 valence electrons. The van der Waals surface area contributed by atoms with E-state index in [0.29, 0.717) is 16.2 Å². The lowest BCUT2D eigenvalue weighted by Crippen LogP contribution is -2.40. The first-order valence-corrected chi connectivity index (χ1v) is 8.03. The van der Waals surface area contributed by atoms with E-state index >= 15 is 0 Å². The van der Waals surface area contributed by atoms with Gasteiger partial charge in [0.15, 0.2) is 0 Å². The Bertz CT molecular complexity index is 629. The van der Waals surface area contributed by atoms with Crippen molar-refractivity contribution in [2.75, 3.05) is 18.4 Å². The molecule has 0 saturated carbocycles. The van der Waals surface area contributed by atoms with Crippen LogP contribution >= 0.6 is 15.9 Å². The number of rotatable bonds is 4. The van der Waals surface area contributed by atoms with Crippen molar-refractivity contribution in [3.05, 3.63) is 29.8 Å². The minimum atomic E-state index is -3.90. The van der Waals surface area contributed by atoms with Crippen LogP contribution in [0, 0.1) is 0 Å². The number of halogens is 1. The van der Waals surface area contributed by atoms with Gasteiger partial charge in [0.05, 0.1) is 5.56 Å². The lowest BCUT2D eigenvalue weighted by atomic mass is 10.2. The SMILES string of the molecule is O=C(CN1C(=O)c2ccccc2S1(=O)=O)NCCBr. The zero-order valence-electron chi connectivity index (χ0n) is 9.80. The number of nitrogens with zero attached hydrogens (tertiary/aromatic N) is 1. The van der Waals surface area contributed by atoms with E-state index in [1.165, 1.54) is 18.2 Å². The number of amides is 2. The van der Waals surface area contributed by atoms with Crippen LogP contribution in [0.3, 0.4) is 0 Å². The fraction of sp³-hybridized carbons (Fsp3) is 0.273. The lowest BCUT2D eigenvalue weighted by Gasteiger charge is -2.14. The van der Waals surface area contributed by atoms with E-state index < -0.39 is 28.4 Å². The van der Waals surface area contributed by atoms with Crippen LogP contribution in [0.1, 0.15) is 10.4 Å². The number of hydrogen-bond acceptors (Lipinski definition) is 4. The molecule has 6 nitrogen and oxygen atoms in total. The van der Waals surface area contributed by atoms with Gasteiger partial charge in [0.2, 0.25) is 5.91 Å². The van der Waals surface area contributed by atoms with E-state index in [-0.39, 0.29) is 10.5 Å². The lowest BCUT2D eigenvalue weighted by molar-refractivity contribution is -0.120. The number of fused-ring (bicyclic) bond motifs is 1. The monoisotopic (exact) mass is 346 g/mol. The van der Waals surface area contributed by atoms with Gasteiger partial charge in [-0.05, 0) is 12.1 Å². The van der Waals surface area contributed by atoms with Gasteiger partial charge in [-0.25, -0.2) is 12.7 Å². The summed E-state index contributed by atoms with van der Waals surface area (Å²) < 4.78 is 24.8. The molecule has 0 aliphatic carbocycles. The second-order valence-corrected chi connectivity index (χ2v) is 6.48. The molecule has 2 amide bonds. The van der Waals surface area contributed by atoms with Crippen LogP contribution in [0.25, 0.3) is 0 Å². The molecular formula is C11H11BrN2O4S. The molecule has 8 heteroatoms. The highest BCUT2D eigenvalue weighted by Gasteiger charge is 2.41. The molecule has 1 aromatic carbocycles. The normalized spacial score (nSPS) is 16.3. The third kappa shape index (κ3) is 2.50. The zero-order valence-corrected chi connectivity index (χ0v) is 12.2. The zero-order chi connectivity index (χ0) is 14.0. The number of nitrogens with one attached hydrogen (secondary N) is 1. The Labute approximate surface area is 119 Å². The molecule has 0 radical (unpaired) electrons. The molecule has 2 rings (SSSR count). The molecule has 1 aliphatic rings. The molecule has 0 fully saturated rings. The Kier molecular flexibility index (Phi) is 3.91. The molecule has 0 bridgehead atoms. The van der Waals surface area contributed by atoms with Crippen LogP contribution in [0.15, 0.2) is 29.2 Å². The number of hydrogen-bond donors (Lipinski definition) is 1. The molecule has 1 heterocycles. The first-order chi connectivity index (χ1) is 8.98. The van der Waals surface area contributed by atoms with E-state index in [2.05, 4.69) is 21.2 Å². The first kappa shape index (κ1) is 14.0. The molecule has 0 unspecified atom stereocenters. The Hall–Kier alpha value is -1.41. The summed E-state index contributed by atoms with van der Waals surface area (Å²) in [5.74, 6) is -1.17. The summed E-state index contributed by atoms with van der Waals surface area (Å²) in [6, 6.07) is 5.92. The summed E-state index contributed by atoms with van der Waals surface area (Å²) in [5.41, 5.74) is 0.107. The predicted octanol–water partition coefficient (Wildman–Crippen LogP) is 0.342. The minimum Gasteiger partial charge on any atom is -0.354 e. The van der Waals surface area contributed by atoms with Crippen LogP contribution < -0.4 is 5.32 Å². The van der Waals surface area contributed by atoms with Gasteiger partial charge in [0.1, 0.15) is 11.4 Å². The van der Waals surface area contributed by atoms with Crippen LogP contribution in [0.4, 0.5) is 0 Å². The maximum Gasteiger partial charge on any atom is 0.269 e. The van der Waals surface area contributed by atoms with Gasteiger partial charge >= 0.3 is 0 Å². The standard InChI is InChI=1S/C11H11BrN2O4S/c12-5-6-13-10(15)7-14-11(16)8-3-1-2-4-9(8)19(14,17)18/h1-4H,5-7H2,(H,13,15). The quantitative estimate of drug-likeness (QED) is 0.797. The Balaban J connectivity index is 2.26. The van der Waals surface area contributed by atoms with Gasteiger partial charge in [-0.1, -0.05) is 28.1 Å². The van der Waals surface area contributed by atoms with E-state index in [9.17, 15) is 18.0 Å². The average Bonchev–Trinajstić information content (AvgIpc) is 2.58. The van der Waals surface area contributed by atoms with Crippen LogP contribution in [-0.4, -0.2) is 43.0 Å². The minimum absolute atomic E-state index is 0.0479. The Morgan fingerprint density at radius 3 is 2.63 bits per heavy atom. The van der Waals surface area contributed by atoms with Crippen molar-refractivity contribution in [2.45, 2.75) is 4.90 Å².